The Labute approximate surface area is 137 Å². The Bertz CT molecular complexity index is 595. The number of methoxy groups -OCH3 is 3. The number of rotatable bonds is 8. The number of hydrogen-bond acceptors (Lipinski definition) is 4. The number of benzene rings is 2. The second-order valence-electron chi connectivity index (χ2n) is 5.13. The van der Waals surface area contributed by atoms with E-state index in [-0.39, 0.29) is 0 Å². The molecule has 0 N–H and O–H groups in total. The second kappa shape index (κ2) is 8.32. The number of hydrogen-bond donors (Lipinski definition) is 0. The maximum Gasteiger partial charge on any atom is 0.203 e. The van der Waals surface area contributed by atoms with Crippen molar-refractivity contribution in [1.82, 2.24) is 0 Å². The molecule has 124 valence electrons. The van der Waals surface area contributed by atoms with Gasteiger partial charge >= 0.3 is 0 Å². The first kappa shape index (κ1) is 17.0. The summed E-state index contributed by atoms with van der Waals surface area (Å²) >= 11 is 0. The average Bonchev–Trinajstić information content (AvgIpc) is 2.61. The molecule has 0 spiro atoms. The van der Waals surface area contributed by atoms with Gasteiger partial charge in [0.2, 0.25) is 5.75 Å². The van der Waals surface area contributed by atoms with Crippen LogP contribution in [0.4, 0.5) is 0 Å². The smallest absolute Gasteiger partial charge is 0.203 e. The van der Waals surface area contributed by atoms with Crippen LogP contribution in [0.5, 0.6) is 23.0 Å². The maximum atomic E-state index is 5.84. The van der Waals surface area contributed by atoms with Gasteiger partial charge in [-0.15, -0.1) is 0 Å². The van der Waals surface area contributed by atoms with E-state index in [1.165, 1.54) is 11.1 Å². The molecule has 0 amide bonds. The number of ether oxygens (including phenoxy) is 4. The second-order valence-corrected chi connectivity index (χ2v) is 5.13. The predicted molar refractivity (Wildman–Crippen MR) is 91.1 cm³/mol. The van der Waals surface area contributed by atoms with E-state index in [4.69, 9.17) is 18.9 Å². The minimum Gasteiger partial charge on any atom is -0.493 e. The van der Waals surface area contributed by atoms with Crippen LogP contribution >= 0.6 is 0 Å². The molecule has 0 aliphatic heterocycles. The topological polar surface area (TPSA) is 36.9 Å². The zero-order valence-electron chi connectivity index (χ0n) is 14.2. The molecule has 0 radical (unpaired) electrons. The summed E-state index contributed by atoms with van der Waals surface area (Å²) in [5, 5.41) is 0. The van der Waals surface area contributed by atoms with Crippen molar-refractivity contribution in [3.63, 3.8) is 0 Å². The van der Waals surface area contributed by atoms with E-state index in [0.717, 1.165) is 12.8 Å². The predicted octanol–water partition coefficient (Wildman–Crippen LogP) is 3.90. The molecular weight excluding hydrogens is 292 g/mol. The van der Waals surface area contributed by atoms with Crippen LogP contribution < -0.4 is 18.9 Å². The van der Waals surface area contributed by atoms with Gasteiger partial charge in [0.15, 0.2) is 11.5 Å². The molecule has 0 bridgehead atoms. The van der Waals surface area contributed by atoms with Crippen molar-refractivity contribution in [1.29, 1.82) is 0 Å². The Morgan fingerprint density at radius 1 is 0.783 bits per heavy atom. The van der Waals surface area contributed by atoms with Gasteiger partial charge in [-0.25, -0.2) is 0 Å². The van der Waals surface area contributed by atoms with E-state index in [2.05, 4.69) is 31.2 Å². The highest BCUT2D eigenvalue weighted by molar-refractivity contribution is 5.55. The fourth-order valence-corrected chi connectivity index (χ4v) is 2.37. The van der Waals surface area contributed by atoms with E-state index in [1.807, 2.05) is 12.1 Å². The number of aryl methyl sites for hydroxylation is 1. The SMILES string of the molecule is CCc1ccc(CCOc2cc(OC)c(OC)c(OC)c2)cc1. The molecule has 0 saturated heterocycles. The third-order valence-corrected chi connectivity index (χ3v) is 3.73. The van der Waals surface area contributed by atoms with Gasteiger partial charge in [0, 0.05) is 18.6 Å². The van der Waals surface area contributed by atoms with Crippen LogP contribution in [0.2, 0.25) is 0 Å². The highest BCUT2D eigenvalue weighted by Crippen LogP contribution is 2.40. The normalized spacial score (nSPS) is 10.3. The molecule has 2 aromatic rings. The summed E-state index contributed by atoms with van der Waals surface area (Å²) in [6.07, 6.45) is 1.91. The van der Waals surface area contributed by atoms with E-state index in [9.17, 15) is 0 Å². The fraction of sp³-hybridized carbons (Fsp3) is 0.368. The molecule has 0 aliphatic carbocycles. The first-order chi connectivity index (χ1) is 11.2. The lowest BCUT2D eigenvalue weighted by molar-refractivity contribution is 0.301. The van der Waals surface area contributed by atoms with Gasteiger partial charge in [-0.3, -0.25) is 0 Å². The van der Waals surface area contributed by atoms with Crippen LogP contribution in [0.1, 0.15) is 18.1 Å². The van der Waals surface area contributed by atoms with Crippen LogP contribution in [-0.2, 0) is 12.8 Å². The van der Waals surface area contributed by atoms with Crippen molar-refractivity contribution < 1.29 is 18.9 Å². The van der Waals surface area contributed by atoms with Gasteiger partial charge in [-0.2, -0.15) is 0 Å². The van der Waals surface area contributed by atoms with Gasteiger partial charge in [0.05, 0.1) is 27.9 Å². The van der Waals surface area contributed by atoms with E-state index >= 15 is 0 Å². The van der Waals surface area contributed by atoms with Crippen LogP contribution in [0.25, 0.3) is 0 Å². The van der Waals surface area contributed by atoms with E-state index in [1.54, 1.807) is 21.3 Å². The fourth-order valence-electron chi connectivity index (χ4n) is 2.37. The minimum atomic E-state index is 0.567. The van der Waals surface area contributed by atoms with Crippen molar-refractivity contribution >= 4 is 0 Å². The summed E-state index contributed by atoms with van der Waals surface area (Å²) in [5.74, 6) is 2.45. The van der Waals surface area contributed by atoms with Crippen LogP contribution in [0.15, 0.2) is 36.4 Å². The molecule has 0 aromatic heterocycles. The van der Waals surface area contributed by atoms with E-state index < -0.39 is 0 Å². The minimum absolute atomic E-state index is 0.567. The third-order valence-electron chi connectivity index (χ3n) is 3.73. The van der Waals surface area contributed by atoms with Crippen LogP contribution in [0, 0.1) is 0 Å². The Morgan fingerprint density at radius 3 is 1.83 bits per heavy atom. The molecule has 0 fully saturated rings. The van der Waals surface area contributed by atoms with Gasteiger partial charge in [0.25, 0.3) is 0 Å². The summed E-state index contributed by atoms with van der Waals surface area (Å²) in [5.41, 5.74) is 2.61. The molecular formula is C19H24O4. The summed E-state index contributed by atoms with van der Waals surface area (Å²) in [4.78, 5) is 0. The lowest BCUT2D eigenvalue weighted by Crippen LogP contribution is -2.03. The first-order valence-electron chi connectivity index (χ1n) is 7.72. The summed E-state index contributed by atoms with van der Waals surface area (Å²) in [6, 6.07) is 12.2. The highest BCUT2D eigenvalue weighted by Gasteiger charge is 2.13. The lowest BCUT2D eigenvalue weighted by Gasteiger charge is -2.14. The van der Waals surface area contributed by atoms with Gasteiger partial charge in [-0.1, -0.05) is 31.2 Å². The van der Waals surface area contributed by atoms with Crippen LogP contribution in [0.3, 0.4) is 0 Å². The molecule has 0 unspecified atom stereocenters. The van der Waals surface area contributed by atoms with Crippen molar-refractivity contribution in [2.24, 2.45) is 0 Å². The van der Waals surface area contributed by atoms with Gasteiger partial charge in [-0.05, 0) is 17.5 Å². The molecule has 4 heteroatoms. The third kappa shape index (κ3) is 4.31. The maximum absolute atomic E-state index is 5.84. The molecule has 0 atom stereocenters. The molecule has 23 heavy (non-hydrogen) atoms. The Hall–Kier alpha value is -2.36. The molecule has 2 aromatic carbocycles. The lowest BCUT2D eigenvalue weighted by atomic mass is 10.1. The molecule has 0 saturated carbocycles. The van der Waals surface area contributed by atoms with Gasteiger partial charge < -0.3 is 18.9 Å². The monoisotopic (exact) mass is 316 g/mol. The standard InChI is InChI=1S/C19H24O4/c1-5-14-6-8-15(9-7-14)10-11-23-16-12-17(20-2)19(22-4)18(13-16)21-3/h6-9,12-13H,5,10-11H2,1-4H3. The molecule has 4 nitrogen and oxygen atoms in total. The highest BCUT2D eigenvalue weighted by atomic mass is 16.5. The van der Waals surface area contributed by atoms with Gasteiger partial charge in [0.1, 0.15) is 5.75 Å². The zero-order valence-corrected chi connectivity index (χ0v) is 14.2. The van der Waals surface area contributed by atoms with Crippen molar-refractivity contribution in [2.45, 2.75) is 19.8 Å². The summed E-state index contributed by atoms with van der Waals surface area (Å²) in [6.45, 7) is 2.74. The van der Waals surface area contributed by atoms with Crippen molar-refractivity contribution in [2.75, 3.05) is 27.9 Å². The largest absolute Gasteiger partial charge is 0.493 e. The van der Waals surface area contributed by atoms with Crippen molar-refractivity contribution in [3.8, 4) is 23.0 Å². The first-order valence-corrected chi connectivity index (χ1v) is 7.72. The van der Waals surface area contributed by atoms with E-state index in [0.29, 0.717) is 29.6 Å². The zero-order chi connectivity index (χ0) is 16.7. The molecule has 0 aliphatic rings. The summed E-state index contributed by atoms with van der Waals surface area (Å²) < 4.78 is 21.8. The Kier molecular flexibility index (Phi) is 6.15. The Balaban J connectivity index is 2.02. The molecule has 0 heterocycles. The van der Waals surface area contributed by atoms with Crippen LogP contribution in [-0.4, -0.2) is 27.9 Å². The Morgan fingerprint density at radius 2 is 1.35 bits per heavy atom. The van der Waals surface area contributed by atoms with Crippen molar-refractivity contribution in [3.05, 3.63) is 47.5 Å². The average molecular weight is 316 g/mol. The quantitative estimate of drug-likeness (QED) is 0.740. The summed E-state index contributed by atoms with van der Waals surface area (Å²) in [7, 11) is 4.77. The molecule has 2 rings (SSSR count).